The van der Waals surface area contributed by atoms with Gasteiger partial charge in [0, 0.05) is 24.5 Å². The van der Waals surface area contributed by atoms with E-state index in [4.69, 9.17) is 0 Å². The van der Waals surface area contributed by atoms with Crippen molar-refractivity contribution in [3.63, 3.8) is 0 Å². The minimum absolute atomic E-state index is 0.404. The van der Waals surface area contributed by atoms with Crippen LogP contribution in [0.5, 0.6) is 0 Å². The van der Waals surface area contributed by atoms with E-state index in [1.54, 1.807) is 18.6 Å². The zero-order valence-corrected chi connectivity index (χ0v) is 12.7. The molecule has 1 unspecified atom stereocenters. The van der Waals surface area contributed by atoms with Gasteiger partial charge in [-0.3, -0.25) is 9.97 Å². The third kappa shape index (κ3) is 3.32. The summed E-state index contributed by atoms with van der Waals surface area (Å²) in [5.74, 6) is 0. The normalized spacial score (nSPS) is 19.3. The average Bonchev–Trinajstić information content (AvgIpc) is 2.62. The second-order valence-electron chi connectivity index (χ2n) is 5.70. The lowest BCUT2D eigenvalue weighted by Gasteiger charge is -2.36. The van der Waals surface area contributed by atoms with Gasteiger partial charge in [0.2, 0.25) is 0 Å². The summed E-state index contributed by atoms with van der Waals surface area (Å²) in [4.78, 5) is 21.0. The van der Waals surface area contributed by atoms with Crippen molar-refractivity contribution in [3.05, 3.63) is 48.4 Å². The van der Waals surface area contributed by atoms with Crippen LogP contribution in [-0.2, 0) is 0 Å². The van der Waals surface area contributed by atoms with Crippen LogP contribution >= 0.6 is 0 Å². The highest BCUT2D eigenvalue weighted by Crippen LogP contribution is 2.30. The first-order chi connectivity index (χ1) is 11.2. The highest BCUT2D eigenvalue weighted by molar-refractivity contribution is 5.66. The van der Waals surface area contributed by atoms with Crippen molar-refractivity contribution >= 4 is 6.09 Å². The Bertz CT molecular complexity index is 678. The molecule has 6 nitrogen and oxygen atoms in total. The number of hydrogen-bond acceptors (Lipinski definition) is 4. The lowest BCUT2D eigenvalue weighted by Crippen LogP contribution is -2.46. The predicted octanol–water partition coefficient (Wildman–Crippen LogP) is 2.71. The van der Waals surface area contributed by atoms with Gasteiger partial charge in [0.25, 0.3) is 0 Å². The first-order valence-electron chi connectivity index (χ1n) is 7.71. The van der Waals surface area contributed by atoms with Crippen LogP contribution in [0.2, 0.25) is 0 Å². The Balaban J connectivity index is 1.87. The predicted molar refractivity (Wildman–Crippen MR) is 84.8 cm³/mol. The van der Waals surface area contributed by atoms with E-state index in [1.807, 2.05) is 24.3 Å². The summed E-state index contributed by atoms with van der Waals surface area (Å²) in [6.07, 6.45) is 5.51. The van der Waals surface area contributed by atoms with E-state index in [0.29, 0.717) is 18.5 Å². The SMILES string of the molecule is O=C(O)N1CCCC[C@H]1C(O)c1cccc(-c2cnccn2)c1. The molecule has 0 bridgehead atoms. The number of rotatable bonds is 3. The minimum Gasteiger partial charge on any atom is -0.465 e. The van der Waals surface area contributed by atoms with Gasteiger partial charge >= 0.3 is 6.09 Å². The number of carbonyl (C=O) groups is 1. The number of amides is 1. The lowest BCUT2D eigenvalue weighted by atomic mass is 9.92. The zero-order chi connectivity index (χ0) is 16.2. The number of likely N-dealkylation sites (tertiary alicyclic amines) is 1. The molecule has 0 spiro atoms. The van der Waals surface area contributed by atoms with Crippen LogP contribution in [0, 0.1) is 0 Å². The Labute approximate surface area is 134 Å². The van der Waals surface area contributed by atoms with Gasteiger partial charge in [-0.2, -0.15) is 0 Å². The van der Waals surface area contributed by atoms with E-state index in [0.717, 1.165) is 24.1 Å². The fraction of sp³-hybridized carbons (Fsp3) is 0.353. The molecule has 0 radical (unpaired) electrons. The second kappa shape index (κ2) is 6.75. The van der Waals surface area contributed by atoms with Crippen LogP contribution in [-0.4, -0.2) is 43.8 Å². The summed E-state index contributed by atoms with van der Waals surface area (Å²) >= 11 is 0. The maximum absolute atomic E-state index is 11.4. The third-order valence-electron chi connectivity index (χ3n) is 4.25. The molecule has 2 atom stereocenters. The van der Waals surface area contributed by atoms with Crippen LogP contribution in [0.3, 0.4) is 0 Å². The Hall–Kier alpha value is -2.47. The molecular weight excluding hydrogens is 294 g/mol. The molecule has 2 aromatic rings. The maximum atomic E-state index is 11.4. The van der Waals surface area contributed by atoms with Crippen LogP contribution in [0.25, 0.3) is 11.3 Å². The Morgan fingerprint density at radius 3 is 2.91 bits per heavy atom. The van der Waals surface area contributed by atoms with E-state index in [1.165, 1.54) is 4.90 Å². The van der Waals surface area contributed by atoms with Crippen molar-refractivity contribution in [1.29, 1.82) is 0 Å². The number of aliphatic hydroxyl groups excluding tert-OH is 1. The topological polar surface area (TPSA) is 86.5 Å². The molecule has 0 saturated carbocycles. The molecule has 23 heavy (non-hydrogen) atoms. The average molecular weight is 313 g/mol. The number of hydrogen-bond donors (Lipinski definition) is 2. The van der Waals surface area contributed by atoms with Crippen molar-refractivity contribution in [2.75, 3.05) is 6.54 Å². The standard InChI is InChI=1S/C17H19N3O3/c21-16(15-6-1-2-9-20(15)17(22)23)13-5-3-4-12(10-13)14-11-18-7-8-19-14/h3-5,7-8,10-11,15-16,21H,1-2,6,9H2,(H,22,23)/t15-,16?/m0/s1. The van der Waals surface area contributed by atoms with Crippen molar-refractivity contribution in [2.45, 2.75) is 31.4 Å². The van der Waals surface area contributed by atoms with Crippen molar-refractivity contribution in [3.8, 4) is 11.3 Å². The summed E-state index contributed by atoms with van der Waals surface area (Å²) in [5.41, 5.74) is 2.28. The summed E-state index contributed by atoms with van der Waals surface area (Å²) in [6.45, 7) is 0.473. The number of piperidine rings is 1. The molecular formula is C17H19N3O3. The molecule has 0 aliphatic carbocycles. The molecule has 1 saturated heterocycles. The molecule has 1 aromatic heterocycles. The van der Waals surface area contributed by atoms with Gasteiger partial charge in [-0.1, -0.05) is 18.2 Å². The smallest absolute Gasteiger partial charge is 0.407 e. The molecule has 1 amide bonds. The van der Waals surface area contributed by atoms with Gasteiger partial charge in [0.1, 0.15) is 0 Å². The zero-order valence-electron chi connectivity index (χ0n) is 12.7. The molecule has 1 fully saturated rings. The summed E-state index contributed by atoms with van der Waals surface area (Å²) in [5, 5.41) is 20.0. The fourth-order valence-electron chi connectivity index (χ4n) is 3.08. The molecule has 120 valence electrons. The number of aliphatic hydroxyl groups is 1. The highest BCUT2D eigenvalue weighted by atomic mass is 16.4. The van der Waals surface area contributed by atoms with Gasteiger partial charge < -0.3 is 15.1 Å². The molecule has 2 N–H and O–H groups in total. The van der Waals surface area contributed by atoms with Crippen LogP contribution in [0.4, 0.5) is 4.79 Å². The Kier molecular flexibility index (Phi) is 4.52. The monoisotopic (exact) mass is 313 g/mol. The lowest BCUT2D eigenvalue weighted by molar-refractivity contribution is 0.0286. The largest absolute Gasteiger partial charge is 0.465 e. The van der Waals surface area contributed by atoms with Gasteiger partial charge in [0.15, 0.2) is 0 Å². The Morgan fingerprint density at radius 1 is 1.30 bits per heavy atom. The molecule has 1 aliphatic heterocycles. The van der Waals surface area contributed by atoms with Crippen molar-refractivity contribution in [2.24, 2.45) is 0 Å². The molecule has 2 heterocycles. The Morgan fingerprint density at radius 2 is 2.17 bits per heavy atom. The number of aromatic nitrogens is 2. The van der Waals surface area contributed by atoms with Crippen LogP contribution in [0.1, 0.15) is 30.9 Å². The first kappa shape index (κ1) is 15.4. The number of benzene rings is 1. The van der Waals surface area contributed by atoms with Crippen LogP contribution in [0.15, 0.2) is 42.9 Å². The van der Waals surface area contributed by atoms with Gasteiger partial charge in [0.05, 0.1) is 24.0 Å². The quantitative estimate of drug-likeness (QED) is 0.910. The summed E-state index contributed by atoms with van der Waals surface area (Å²) in [7, 11) is 0. The van der Waals surface area contributed by atoms with Gasteiger partial charge in [-0.25, -0.2) is 4.79 Å². The van der Waals surface area contributed by atoms with Crippen molar-refractivity contribution in [1.82, 2.24) is 14.9 Å². The van der Waals surface area contributed by atoms with E-state index in [-0.39, 0.29) is 0 Å². The van der Waals surface area contributed by atoms with Gasteiger partial charge in [-0.05, 0) is 30.9 Å². The third-order valence-corrected chi connectivity index (χ3v) is 4.25. The van der Waals surface area contributed by atoms with E-state index in [2.05, 4.69) is 9.97 Å². The highest BCUT2D eigenvalue weighted by Gasteiger charge is 2.32. The van der Waals surface area contributed by atoms with E-state index in [9.17, 15) is 15.0 Å². The fourth-order valence-corrected chi connectivity index (χ4v) is 3.08. The van der Waals surface area contributed by atoms with E-state index < -0.39 is 18.2 Å². The summed E-state index contributed by atoms with van der Waals surface area (Å²) in [6, 6.07) is 7.01. The minimum atomic E-state index is -0.973. The maximum Gasteiger partial charge on any atom is 0.407 e. The van der Waals surface area contributed by atoms with Crippen LogP contribution < -0.4 is 0 Å². The van der Waals surface area contributed by atoms with Gasteiger partial charge in [-0.15, -0.1) is 0 Å². The molecule has 6 heteroatoms. The second-order valence-corrected chi connectivity index (χ2v) is 5.70. The molecule has 1 aromatic carbocycles. The van der Waals surface area contributed by atoms with Crippen molar-refractivity contribution < 1.29 is 15.0 Å². The summed E-state index contributed by atoms with van der Waals surface area (Å²) < 4.78 is 0. The van der Waals surface area contributed by atoms with E-state index >= 15 is 0 Å². The molecule has 3 rings (SSSR count). The number of nitrogens with zero attached hydrogens (tertiary/aromatic N) is 3. The number of carboxylic acid groups (broad SMARTS) is 1. The molecule has 1 aliphatic rings. The first-order valence-corrected chi connectivity index (χ1v) is 7.71.